The van der Waals surface area contributed by atoms with E-state index in [4.69, 9.17) is 4.74 Å². The first-order valence-electron chi connectivity index (χ1n) is 8.99. The lowest BCUT2D eigenvalue weighted by Crippen LogP contribution is -2.10. The van der Waals surface area contributed by atoms with E-state index in [1.807, 2.05) is 0 Å². The first kappa shape index (κ1) is 18.6. The van der Waals surface area contributed by atoms with Crippen LogP contribution in [0.4, 0.5) is 23.0 Å². The number of ether oxygens (including phenoxy) is 1. The zero-order valence-electron chi connectivity index (χ0n) is 15.3. The summed E-state index contributed by atoms with van der Waals surface area (Å²) in [5, 5.41) is 17.7. The van der Waals surface area contributed by atoms with Gasteiger partial charge in [0.1, 0.15) is 12.1 Å². The predicted molar refractivity (Wildman–Crippen MR) is 105 cm³/mol. The van der Waals surface area contributed by atoms with Crippen LogP contribution in [0, 0.1) is 10.1 Å². The van der Waals surface area contributed by atoms with Crippen molar-refractivity contribution in [1.29, 1.82) is 0 Å². The van der Waals surface area contributed by atoms with Crippen LogP contribution in [0.25, 0.3) is 0 Å². The first-order chi connectivity index (χ1) is 13.2. The number of aromatic nitrogens is 2. The fourth-order valence-corrected chi connectivity index (χ4v) is 3.06. The molecule has 0 aliphatic heterocycles. The summed E-state index contributed by atoms with van der Waals surface area (Å²) in [7, 11) is 1.58. The maximum Gasteiger partial charge on any atom is 0.353 e. The summed E-state index contributed by atoms with van der Waals surface area (Å²) >= 11 is 0. The molecule has 2 aromatic rings. The molecule has 0 unspecified atom stereocenters. The van der Waals surface area contributed by atoms with Gasteiger partial charge in [0, 0.05) is 12.2 Å². The van der Waals surface area contributed by atoms with Gasteiger partial charge in [-0.05, 0) is 56.4 Å². The van der Waals surface area contributed by atoms with Crippen molar-refractivity contribution in [3.63, 3.8) is 0 Å². The summed E-state index contributed by atoms with van der Waals surface area (Å²) in [6, 6.07) is 7.08. The van der Waals surface area contributed by atoms with Gasteiger partial charge in [0.05, 0.1) is 12.0 Å². The Balaban J connectivity index is 1.73. The monoisotopic (exact) mass is 369 g/mol. The largest absolute Gasteiger partial charge is 0.497 e. The summed E-state index contributed by atoms with van der Waals surface area (Å²) in [5.74, 6) is 1.08. The van der Waals surface area contributed by atoms with Gasteiger partial charge in [-0.15, -0.1) is 0 Å². The number of anilines is 3. The highest BCUT2D eigenvalue weighted by molar-refractivity contribution is 5.73. The zero-order valence-corrected chi connectivity index (χ0v) is 15.3. The van der Waals surface area contributed by atoms with E-state index in [1.165, 1.54) is 24.7 Å². The molecule has 8 nitrogen and oxygen atoms in total. The van der Waals surface area contributed by atoms with Gasteiger partial charge in [-0.25, -0.2) is 9.97 Å². The second-order valence-electron chi connectivity index (χ2n) is 6.32. The second kappa shape index (κ2) is 8.98. The Hall–Kier alpha value is -3.16. The van der Waals surface area contributed by atoms with Crippen LogP contribution in [0.15, 0.2) is 42.2 Å². The standard InChI is InChI=1S/C19H23N5O3/c1-27-16-9-7-15(8-10-16)23-19-17(24(25)26)18(21-13-22-19)20-12-11-14-5-3-2-4-6-14/h5,7-10,13H,2-4,6,11-12H2,1H3,(H2,20,21,22,23). The van der Waals surface area contributed by atoms with Gasteiger partial charge < -0.3 is 15.4 Å². The quantitative estimate of drug-likeness (QED) is 0.403. The van der Waals surface area contributed by atoms with Crippen LogP contribution in [0.2, 0.25) is 0 Å². The molecule has 1 aromatic carbocycles. The number of benzene rings is 1. The summed E-state index contributed by atoms with van der Waals surface area (Å²) in [6.07, 6.45) is 9.15. The van der Waals surface area contributed by atoms with E-state index in [1.54, 1.807) is 31.4 Å². The highest BCUT2D eigenvalue weighted by Gasteiger charge is 2.23. The van der Waals surface area contributed by atoms with Gasteiger partial charge in [0.25, 0.3) is 0 Å². The predicted octanol–water partition coefficient (Wildman–Crippen LogP) is 4.44. The van der Waals surface area contributed by atoms with Crippen molar-refractivity contribution < 1.29 is 9.66 Å². The number of nitrogens with one attached hydrogen (secondary N) is 2. The summed E-state index contributed by atoms with van der Waals surface area (Å²) in [5.41, 5.74) is 1.92. The lowest BCUT2D eigenvalue weighted by Gasteiger charge is -2.14. The van der Waals surface area contributed by atoms with E-state index in [0.29, 0.717) is 18.0 Å². The van der Waals surface area contributed by atoms with Crippen molar-refractivity contribution >= 4 is 23.0 Å². The van der Waals surface area contributed by atoms with Crippen LogP contribution >= 0.6 is 0 Å². The summed E-state index contributed by atoms with van der Waals surface area (Å²) < 4.78 is 5.12. The van der Waals surface area contributed by atoms with Gasteiger partial charge in [-0.1, -0.05) is 11.6 Å². The Morgan fingerprint density at radius 2 is 1.96 bits per heavy atom. The van der Waals surface area contributed by atoms with Gasteiger partial charge >= 0.3 is 5.69 Å². The lowest BCUT2D eigenvalue weighted by atomic mass is 9.97. The minimum atomic E-state index is -0.464. The number of methoxy groups -OCH3 is 1. The average Bonchev–Trinajstić information content (AvgIpc) is 2.69. The number of hydrogen-bond acceptors (Lipinski definition) is 7. The van der Waals surface area contributed by atoms with Crippen LogP contribution in [0.1, 0.15) is 32.1 Å². The molecule has 3 rings (SSSR count). The number of allylic oxidation sites excluding steroid dienone is 1. The Morgan fingerprint density at radius 1 is 1.19 bits per heavy atom. The summed E-state index contributed by atoms with van der Waals surface area (Å²) in [4.78, 5) is 19.3. The second-order valence-corrected chi connectivity index (χ2v) is 6.32. The van der Waals surface area contributed by atoms with E-state index in [9.17, 15) is 10.1 Å². The molecule has 27 heavy (non-hydrogen) atoms. The molecule has 1 aromatic heterocycles. The molecule has 0 bridgehead atoms. The van der Waals surface area contributed by atoms with E-state index in [2.05, 4.69) is 26.7 Å². The molecule has 0 amide bonds. The van der Waals surface area contributed by atoms with Crippen molar-refractivity contribution in [2.24, 2.45) is 0 Å². The topological polar surface area (TPSA) is 102 Å². The third-order valence-electron chi connectivity index (χ3n) is 4.48. The molecule has 1 heterocycles. The molecule has 0 radical (unpaired) electrons. The molecule has 0 saturated carbocycles. The molecular formula is C19H23N5O3. The maximum absolute atomic E-state index is 11.6. The van der Waals surface area contributed by atoms with E-state index in [-0.39, 0.29) is 17.3 Å². The minimum absolute atomic E-state index is 0.152. The van der Waals surface area contributed by atoms with Gasteiger partial charge in [0.2, 0.25) is 11.6 Å². The minimum Gasteiger partial charge on any atom is -0.497 e. The van der Waals surface area contributed by atoms with Gasteiger partial charge in [-0.2, -0.15) is 0 Å². The van der Waals surface area contributed by atoms with Gasteiger partial charge in [-0.3, -0.25) is 10.1 Å². The van der Waals surface area contributed by atoms with Crippen LogP contribution in [0.3, 0.4) is 0 Å². The van der Waals surface area contributed by atoms with E-state index >= 15 is 0 Å². The number of nitrogens with zero attached hydrogens (tertiary/aromatic N) is 3. The molecule has 0 spiro atoms. The van der Waals surface area contributed by atoms with Crippen molar-refractivity contribution in [3.8, 4) is 5.75 Å². The average molecular weight is 369 g/mol. The van der Waals surface area contributed by atoms with Crippen LogP contribution in [0.5, 0.6) is 5.75 Å². The molecule has 0 atom stereocenters. The normalized spacial score (nSPS) is 13.6. The Morgan fingerprint density at radius 3 is 2.63 bits per heavy atom. The van der Waals surface area contributed by atoms with Crippen LogP contribution in [-0.2, 0) is 0 Å². The molecule has 0 saturated heterocycles. The summed E-state index contributed by atoms with van der Waals surface area (Å²) in [6.45, 7) is 0.603. The highest BCUT2D eigenvalue weighted by atomic mass is 16.6. The molecular weight excluding hydrogens is 346 g/mol. The third kappa shape index (κ3) is 4.93. The van der Waals surface area contributed by atoms with Crippen molar-refractivity contribution in [3.05, 3.63) is 52.4 Å². The Labute approximate surface area is 157 Å². The fraction of sp³-hybridized carbons (Fsp3) is 0.368. The molecule has 2 N–H and O–H groups in total. The SMILES string of the molecule is COc1ccc(Nc2ncnc(NCCC3=CCCCC3)c2[N+](=O)[O-])cc1. The van der Waals surface area contributed by atoms with Crippen molar-refractivity contribution in [2.45, 2.75) is 32.1 Å². The smallest absolute Gasteiger partial charge is 0.353 e. The lowest BCUT2D eigenvalue weighted by molar-refractivity contribution is -0.383. The molecule has 142 valence electrons. The van der Waals surface area contributed by atoms with Crippen LogP contribution in [-0.4, -0.2) is 28.5 Å². The number of rotatable bonds is 8. The van der Waals surface area contributed by atoms with Crippen molar-refractivity contribution in [2.75, 3.05) is 24.3 Å². The molecule has 1 aliphatic carbocycles. The van der Waals surface area contributed by atoms with E-state index in [0.717, 1.165) is 19.3 Å². The molecule has 1 aliphatic rings. The first-order valence-corrected chi connectivity index (χ1v) is 8.99. The Kier molecular flexibility index (Phi) is 6.19. The fourth-order valence-electron chi connectivity index (χ4n) is 3.06. The maximum atomic E-state index is 11.6. The zero-order chi connectivity index (χ0) is 19.1. The highest BCUT2D eigenvalue weighted by Crippen LogP contribution is 2.31. The van der Waals surface area contributed by atoms with Gasteiger partial charge in [0.15, 0.2) is 0 Å². The third-order valence-corrected chi connectivity index (χ3v) is 4.48. The molecule has 8 heteroatoms. The number of nitro groups is 1. The van der Waals surface area contributed by atoms with E-state index < -0.39 is 4.92 Å². The van der Waals surface area contributed by atoms with Crippen molar-refractivity contribution in [1.82, 2.24) is 9.97 Å². The van der Waals surface area contributed by atoms with Crippen LogP contribution < -0.4 is 15.4 Å². The Bertz CT molecular complexity index is 821. The number of hydrogen-bond donors (Lipinski definition) is 2. The molecule has 0 fully saturated rings.